The number of sulfone groups is 1. The predicted molar refractivity (Wildman–Crippen MR) is 188 cm³/mol. The Balaban J connectivity index is 4.70. The van der Waals surface area contributed by atoms with Gasteiger partial charge in [-0.05, 0) is 41.8 Å². The zero-order valence-electron chi connectivity index (χ0n) is 28.7. The van der Waals surface area contributed by atoms with Crippen LogP contribution in [0.1, 0.15) is 40.5 Å². The summed E-state index contributed by atoms with van der Waals surface area (Å²) < 4.78 is 45.3. The molecule has 0 fully saturated rings. The minimum atomic E-state index is -3.32. The van der Waals surface area contributed by atoms with Crippen LogP contribution in [0.25, 0.3) is 0 Å². The van der Waals surface area contributed by atoms with Crippen molar-refractivity contribution in [3.63, 3.8) is 0 Å². The fourth-order valence-corrected chi connectivity index (χ4v) is 9.19. The second-order valence-electron chi connectivity index (χ2n) is 10.8. The van der Waals surface area contributed by atoms with E-state index in [0.29, 0.717) is 36.0 Å². The lowest BCUT2D eigenvalue weighted by Crippen LogP contribution is -2.50. The van der Waals surface area contributed by atoms with Crippen LogP contribution in [0.3, 0.4) is 0 Å². The van der Waals surface area contributed by atoms with E-state index in [-0.39, 0.29) is 23.8 Å². The summed E-state index contributed by atoms with van der Waals surface area (Å²) in [6.45, 7) is 7.07. The molecule has 0 aromatic heterocycles. The molecular formula is C29H54N3O11PS3. The number of rotatable bonds is 25. The molecule has 0 radical (unpaired) electrons. The van der Waals surface area contributed by atoms with Gasteiger partial charge in [-0.2, -0.15) is 23.5 Å². The van der Waals surface area contributed by atoms with Crippen molar-refractivity contribution < 1.29 is 51.3 Å². The Morgan fingerprint density at radius 3 is 1.74 bits per heavy atom. The van der Waals surface area contributed by atoms with Crippen LogP contribution in [-0.4, -0.2) is 126 Å². The number of methoxy groups -OCH3 is 4. The van der Waals surface area contributed by atoms with Gasteiger partial charge in [0.1, 0.15) is 6.04 Å². The van der Waals surface area contributed by atoms with E-state index in [9.17, 15) is 32.4 Å². The third-order valence-electron chi connectivity index (χ3n) is 7.81. The number of hydrogen-bond acceptors (Lipinski definition) is 13. The summed E-state index contributed by atoms with van der Waals surface area (Å²) in [7, 11) is 4.17. The first-order valence-electron chi connectivity index (χ1n) is 15.3. The summed E-state index contributed by atoms with van der Waals surface area (Å²) in [6, 6.07) is -0.885. The van der Waals surface area contributed by atoms with Gasteiger partial charge >= 0.3 is 11.9 Å². The Morgan fingerprint density at radius 2 is 1.26 bits per heavy atom. The van der Waals surface area contributed by atoms with Crippen molar-refractivity contribution in [1.29, 1.82) is 0 Å². The maximum Gasteiger partial charge on any atom is 0.312 e. The molecule has 0 aliphatic rings. The number of esters is 2. The minimum absolute atomic E-state index is 0.0217. The van der Waals surface area contributed by atoms with E-state index in [1.165, 1.54) is 52.0 Å². The van der Waals surface area contributed by atoms with Crippen LogP contribution in [0, 0.1) is 23.7 Å². The van der Waals surface area contributed by atoms with Gasteiger partial charge in [-0.1, -0.05) is 13.8 Å². The van der Waals surface area contributed by atoms with Gasteiger partial charge in [-0.25, -0.2) is 8.42 Å². The standard InChI is InChI=1S/C29H54N3O11PS3/c1-9-21(24(20(4)41-6)29(37)43-8)26(34)31-22(27(35)32-44)10-12-45-14-16-47(38,39)17-15-46-13-11-30-25(33)18(2)23(19(3)40-5)28(36)42-7/h18-24H,9-17,44H2,1-8H3,(H,30,33)(H,31,34)(H,32,35). The average Bonchev–Trinajstić information content (AvgIpc) is 3.06. The Morgan fingerprint density at radius 1 is 0.745 bits per heavy atom. The number of nitrogens with one attached hydrogen (secondary N) is 3. The van der Waals surface area contributed by atoms with Crippen molar-refractivity contribution in [1.82, 2.24) is 15.7 Å². The first kappa shape index (κ1) is 45.3. The van der Waals surface area contributed by atoms with E-state index in [0.717, 1.165) is 0 Å². The number of ether oxygens (including phenoxy) is 4. The molecule has 0 aromatic rings. The first-order valence-corrected chi connectivity index (χ1v) is 20.0. The molecule has 8 unspecified atom stereocenters. The van der Waals surface area contributed by atoms with Crippen LogP contribution < -0.4 is 15.7 Å². The van der Waals surface area contributed by atoms with Crippen molar-refractivity contribution in [2.75, 3.05) is 69.5 Å². The zero-order valence-corrected chi connectivity index (χ0v) is 32.3. The lowest BCUT2D eigenvalue weighted by atomic mass is 9.85. The van der Waals surface area contributed by atoms with Gasteiger partial charge in [0.2, 0.25) is 17.7 Å². The van der Waals surface area contributed by atoms with Crippen molar-refractivity contribution in [2.45, 2.75) is 58.8 Å². The summed E-state index contributed by atoms with van der Waals surface area (Å²) in [4.78, 5) is 62.7. The van der Waals surface area contributed by atoms with Crippen LogP contribution in [0.5, 0.6) is 0 Å². The third kappa shape index (κ3) is 16.5. The Kier molecular flexibility index (Phi) is 23.6. The molecule has 0 aliphatic carbocycles. The highest BCUT2D eigenvalue weighted by atomic mass is 32.2. The van der Waals surface area contributed by atoms with E-state index in [2.05, 4.69) is 25.1 Å². The Labute approximate surface area is 290 Å². The second kappa shape index (κ2) is 24.5. The molecule has 47 heavy (non-hydrogen) atoms. The van der Waals surface area contributed by atoms with E-state index >= 15 is 0 Å². The quantitative estimate of drug-likeness (QED) is 0.0684. The van der Waals surface area contributed by atoms with E-state index in [1.54, 1.807) is 27.7 Å². The van der Waals surface area contributed by atoms with Crippen LogP contribution in [0.4, 0.5) is 0 Å². The normalized spacial score (nSPS) is 16.0. The second-order valence-corrected chi connectivity index (χ2v) is 15.9. The third-order valence-corrected chi connectivity index (χ3v) is 12.3. The van der Waals surface area contributed by atoms with Gasteiger partial charge in [0.15, 0.2) is 9.84 Å². The highest BCUT2D eigenvalue weighted by molar-refractivity contribution is 8.02. The van der Waals surface area contributed by atoms with Crippen molar-refractivity contribution in [2.24, 2.45) is 23.7 Å². The minimum Gasteiger partial charge on any atom is -0.469 e. The van der Waals surface area contributed by atoms with Crippen molar-refractivity contribution >= 4 is 72.4 Å². The maximum absolute atomic E-state index is 13.1. The van der Waals surface area contributed by atoms with E-state index < -0.39 is 75.5 Å². The summed E-state index contributed by atoms with van der Waals surface area (Å²) in [5, 5.41) is 7.95. The van der Waals surface area contributed by atoms with Gasteiger partial charge in [0.05, 0.1) is 61.6 Å². The van der Waals surface area contributed by atoms with Gasteiger partial charge in [0, 0.05) is 38.0 Å². The number of amides is 3. The molecular weight excluding hydrogens is 694 g/mol. The largest absolute Gasteiger partial charge is 0.469 e. The molecule has 0 heterocycles. The molecule has 3 N–H and O–H groups in total. The number of thioether (sulfide) groups is 2. The predicted octanol–water partition coefficient (Wildman–Crippen LogP) is 1.08. The summed E-state index contributed by atoms with van der Waals surface area (Å²) in [5.41, 5.74) is 0. The van der Waals surface area contributed by atoms with Crippen LogP contribution in [0.2, 0.25) is 0 Å². The molecule has 0 spiro atoms. The Hall–Kier alpha value is -1.65. The van der Waals surface area contributed by atoms with E-state index in [4.69, 9.17) is 18.9 Å². The topological polar surface area (TPSA) is 192 Å². The SMILES string of the molecule is CCC(C(=O)NC(CCSCCS(=O)(=O)CCSCCNC(=O)C(C)C(C(=O)OC)C(C)OC)C(=O)NP)C(C(=O)OC)C(C)OC. The number of carbonyl (C=O) groups is 5. The van der Waals surface area contributed by atoms with Gasteiger partial charge < -0.3 is 34.7 Å². The van der Waals surface area contributed by atoms with Gasteiger partial charge in [-0.3, -0.25) is 24.0 Å². The maximum atomic E-state index is 13.1. The fourth-order valence-electron chi connectivity index (χ4n) is 4.75. The highest BCUT2D eigenvalue weighted by Gasteiger charge is 2.39. The van der Waals surface area contributed by atoms with Crippen LogP contribution in [0.15, 0.2) is 0 Å². The van der Waals surface area contributed by atoms with Crippen molar-refractivity contribution in [3.8, 4) is 0 Å². The molecule has 18 heteroatoms. The van der Waals surface area contributed by atoms with Crippen molar-refractivity contribution in [3.05, 3.63) is 0 Å². The first-order chi connectivity index (χ1) is 22.2. The van der Waals surface area contributed by atoms with Crippen LogP contribution >= 0.6 is 32.9 Å². The molecule has 0 aliphatic heterocycles. The number of hydrogen-bond donors (Lipinski definition) is 3. The molecule has 0 bridgehead atoms. The molecule has 3 amide bonds. The summed E-state index contributed by atoms with van der Waals surface area (Å²) in [6.07, 6.45) is -0.524. The molecule has 274 valence electrons. The average molecular weight is 748 g/mol. The highest BCUT2D eigenvalue weighted by Crippen LogP contribution is 2.24. The number of carbonyl (C=O) groups excluding carboxylic acids is 5. The molecule has 14 nitrogen and oxygen atoms in total. The molecule has 0 rings (SSSR count). The molecule has 8 atom stereocenters. The smallest absolute Gasteiger partial charge is 0.312 e. The lowest BCUT2D eigenvalue weighted by molar-refractivity contribution is -0.156. The molecule has 0 aromatic carbocycles. The van der Waals surface area contributed by atoms with Crippen LogP contribution in [-0.2, 0) is 52.8 Å². The Bertz CT molecular complexity index is 1100. The monoisotopic (exact) mass is 747 g/mol. The lowest BCUT2D eigenvalue weighted by Gasteiger charge is -2.29. The van der Waals surface area contributed by atoms with Gasteiger partial charge in [0.25, 0.3) is 0 Å². The summed E-state index contributed by atoms with van der Waals surface area (Å²) >= 11 is 2.75. The summed E-state index contributed by atoms with van der Waals surface area (Å²) in [5.74, 6) is -3.86. The fraction of sp³-hybridized carbons (Fsp3) is 0.828. The zero-order chi connectivity index (χ0) is 36.2. The molecule has 0 saturated carbocycles. The molecule has 0 saturated heterocycles. The van der Waals surface area contributed by atoms with Gasteiger partial charge in [-0.15, -0.1) is 0 Å². The van der Waals surface area contributed by atoms with E-state index in [1.807, 2.05) is 0 Å².